The predicted octanol–water partition coefficient (Wildman–Crippen LogP) is 3.10. The van der Waals surface area contributed by atoms with Gasteiger partial charge in [0.2, 0.25) is 0 Å². The number of amides is 1. The lowest BCUT2D eigenvalue weighted by atomic mass is 9.93. The number of hydrogen-bond donors (Lipinski definition) is 2. The van der Waals surface area contributed by atoms with Crippen molar-refractivity contribution >= 4 is 27.3 Å². The van der Waals surface area contributed by atoms with Gasteiger partial charge in [0.15, 0.2) is 9.84 Å². The van der Waals surface area contributed by atoms with E-state index in [0.717, 1.165) is 37.4 Å². The third kappa shape index (κ3) is 4.11. The van der Waals surface area contributed by atoms with E-state index in [-0.39, 0.29) is 22.5 Å². The monoisotopic (exact) mass is 458 g/mol. The van der Waals surface area contributed by atoms with Crippen LogP contribution in [0.4, 0.5) is 23.2 Å². The molecule has 2 atom stereocenters. The molecular weight excluding hydrogens is 440 g/mol. The average molecular weight is 458 g/mol. The highest BCUT2D eigenvalue weighted by molar-refractivity contribution is 7.93. The normalized spacial score (nSPS) is 25.2. The number of nitrogens with one attached hydrogen (secondary N) is 1. The van der Waals surface area contributed by atoms with E-state index in [1.807, 2.05) is 0 Å². The van der Waals surface area contributed by atoms with Gasteiger partial charge in [-0.15, -0.1) is 0 Å². The summed E-state index contributed by atoms with van der Waals surface area (Å²) in [6.45, 7) is 2.04. The quantitative estimate of drug-likeness (QED) is 0.684. The molecule has 1 amide bonds. The highest BCUT2D eigenvalue weighted by Crippen LogP contribution is 2.39. The summed E-state index contributed by atoms with van der Waals surface area (Å²) in [5.74, 6) is -3.26. The molecule has 0 unspecified atom stereocenters. The molecule has 0 bridgehead atoms. The first-order chi connectivity index (χ1) is 14.3. The predicted molar refractivity (Wildman–Crippen MR) is 106 cm³/mol. The van der Waals surface area contributed by atoms with E-state index in [0.29, 0.717) is 0 Å². The molecule has 31 heavy (non-hydrogen) atoms. The summed E-state index contributed by atoms with van der Waals surface area (Å²) < 4.78 is 78.9. The van der Waals surface area contributed by atoms with Gasteiger partial charge < -0.3 is 11.1 Å². The number of halogens is 4. The van der Waals surface area contributed by atoms with Crippen LogP contribution in [0.1, 0.15) is 41.9 Å². The Balaban J connectivity index is 1.94. The number of sulfone groups is 1. The second kappa shape index (κ2) is 7.59. The standard InChI is InChI=1S/C19H18F4N4O3S/c1-18(9-31(29,30)19(2,23)17(24)27-18)12-7-11(4-5-13(12)20)26-16(28)14-6-3-10(8-25-14)15(21)22/h3-8,15H,9H2,1-2H3,(H2,24,27)(H,26,28)/t18-,19+/m0/s1. The van der Waals surface area contributed by atoms with Gasteiger partial charge >= 0.3 is 0 Å². The maximum Gasteiger partial charge on any atom is 0.274 e. The van der Waals surface area contributed by atoms with E-state index >= 15 is 0 Å². The molecule has 0 saturated carbocycles. The van der Waals surface area contributed by atoms with Crippen molar-refractivity contribution < 1.29 is 30.8 Å². The Kier molecular flexibility index (Phi) is 5.55. The van der Waals surface area contributed by atoms with Crippen molar-refractivity contribution in [2.24, 2.45) is 10.7 Å². The van der Waals surface area contributed by atoms with E-state index in [2.05, 4.69) is 15.3 Å². The molecule has 0 spiro atoms. The number of aliphatic imine (C=N–C) groups is 1. The van der Waals surface area contributed by atoms with Crippen LogP contribution in [0, 0.1) is 5.82 Å². The minimum Gasteiger partial charge on any atom is -0.384 e. The molecule has 0 saturated heterocycles. The fraction of sp³-hybridized carbons (Fsp3) is 0.316. The maximum atomic E-state index is 14.6. The van der Waals surface area contributed by atoms with Gasteiger partial charge in [-0.05, 0) is 44.2 Å². The van der Waals surface area contributed by atoms with Crippen LogP contribution < -0.4 is 11.1 Å². The van der Waals surface area contributed by atoms with Crippen molar-refractivity contribution in [2.75, 3.05) is 11.1 Å². The number of anilines is 1. The molecule has 0 aliphatic carbocycles. The fourth-order valence-electron chi connectivity index (χ4n) is 3.08. The van der Waals surface area contributed by atoms with Gasteiger partial charge in [0.05, 0.1) is 5.75 Å². The Hall–Kier alpha value is -3.02. The molecule has 166 valence electrons. The lowest BCUT2D eigenvalue weighted by Crippen LogP contribution is -2.54. The first-order valence-electron chi connectivity index (χ1n) is 8.89. The summed E-state index contributed by atoms with van der Waals surface area (Å²) in [7, 11) is -4.42. The van der Waals surface area contributed by atoms with Gasteiger partial charge in [-0.1, -0.05) is 0 Å². The van der Waals surface area contributed by atoms with Crippen LogP contribution in [0.2, 0.25) is 0 Å². The summed E-state index contributed by atoms with van der Waals surface area (Å²) in [5, 5.41) is -0.464. The van der Waals surface area contributed by atoms with Crippen LogP contribution in [-0.4, -0.2) is 35.9 Å². The molecule has 0 fully saturated rings. The Morgan fingerprint density at radius 1 is 1.23 bits per heavy atom. The van der Waals surface area contributed by atoms with E-state index < -0.39 is 50.1 Å². The first-order valence-corrected chi connectivity index (χ1v) is 10.5. The Labute approximate surface area is 175 Å². The van der Waals surface area contributed by atoms with Gasteiger partial charge in [0.1, 0.15) is 22.9 Å². The molecule has 3 rings (SSSR count). The lowest BCUT2D eigenvalue weighted by molar-refractivity contribution is 0.102. The van der Waals surface area contributed by atoms with Gasteiger partial charge in [-0.25, -0.2) is 26.0 Å². The molecule has 7 nitrogen and oxygen atoms in total. The van der Waals surface area contributed by atoms with Crippen molar-refractivity contribution in [1.29, 1.82) is 0 Å². The highest BCUT2D eigenvalue weighted by atomic mass is 32.2. The van der Waals surface area contributed by atoms with E-state index in [1.165, 1.54) is 13.0 Å². The number of nitrogens with zero attached hydrogens (tertiary/aromatic N) is 2. The molecule has 3 N–H and O–H groups in total. The van der Waals surface area contributed by atoms with Crippen LogP contribution in [0.3, 0.4) is 0 Å². The summed E-state index contributed by atoms with van der Waals surface area (Å²) >= 11 is 0. The summed E-state index contributed by atoms with van der Waals surface area (Å²) in [4.78, 5) is 19.9. The van der Waals surface area contributed by atoms with E-state index in [1.54, 1.807) is 0 Å². The van der Waals surface area contributed by atoms with Crippen molar-refractivity contribution in [2.45, 2.75) is 30.8 Å². The molecule has 1 aliphatic heterocycles. The van der Waals surface area contributed by atoms with Crippen LogP contribution in [0.15, 0.2) is 41.5 Å². The third-order valence-electron chi connectivity index (χ3n) is 4.96. The van der Waals surface area contributed by atoms with Crippen LogP contribution in [-0.2, 0) is 15.4 Å². The SMILES string of the molecule is C[C@]1(F)C(N)=N[C@](C)(c2cc(NC(=O)c3ccc(C(F)F)cn3)ccc2F)CS1(=O)=O. The number of aromatic nitrogens is 1. The number of pyridine rings is 1. The summed E-state index contributed by atoms with van der Waals surface area (Å²) in [6, 6.07) is 5.47. The fourth-order valence-corrected chi connectivity index (χ4v) is 4.68. The Morgan fingerprint density at radius 3 is 2.45 bits per heavy atom. The number of hydrogen-bond acceptors (Lipinski definition) is 6. The number of carbonyl (C=O) groups is 1. The Bertz CT molecular complexity index is 1170. The third-order valence-corrected chi connectivity index (χ3v) is 7.27. The lowest BCUT2D eigenvalue weighted by Gasteiger charge is -2.35. The van der Waals surface area contributed by atoms with Crippen molar-refractivity contribution in [3.05, 3.63) is 59.2 Å². The Morgan fingerprint density at radius 2 is 1.90 bits per heavy atom. The molecule has 2 aromatic rings. The molecule has 0 radical (unpaired) electrons. The molecular formula is C19H18F4N4O3S. The van der Waals surface area contributed by atoms with Crippen molar-refractivity contribution in [1.82, 2.24) is 4.98 Å². The molecule has 2 heterocycles. The van der Waals surface area contributed by atoms with E-state index in [9.17, 15) is 30.8 Å². The number of nitrogens with two attached hydrogens (primary N) is 1. The molecule has 1 aromatic carbocycles. The second-order valence-corrected chi connectivity index (χ2v) is 9.66. The van der Waals surface area contributed by atoms with Gasteiger partial charge in [-0.3, -0.25) is 14.8 Å². The first kappa shape index (κ1) is 22.7. The number of carbonyl (C=O) groups excluding carboxylic acids is 1. The number of alkyl halides is 3. The molecule has 12 heteroatoms. The highest BCUT2D eigenvalue weighted by Gasteiger charge is 2.53. The van der Waals surface area contributed by atoms with Crippen LogP contribution in [0.5, 0.6) is 0 Å². The van der Waals surface area contributed by atoms with Crippen molar-refractivity contribution in [3.63, 3.8) is 0 Å². The van der Waals surface area contributed by atoms with Gasteiger partial charge in [0, 0.05) is 23.0 Å². The molecule has 1 aromatic heterocycles. The molecule has 1 aliphatic rings. The zero-order valence-corrected chi connectivity index (χ0v) is 17.2. The summed E-state index contributed by atoms with van der Waals surface area (Å²) in [6.07, 6.45) is -1.88. The van der Waals surface area contributed by atoms with E-state index in [4.69, 9.17) is 5.73 Å². The maximum absolute atomic E-state index is 14.6. The number of amidine groups is 1. The average Bonchev–Trinajstić information content (AvgIpc) is 2.67. The summed E-state index contributed by atoms with van der Waals surface area (Å²) in [5.41, 5.74) is 3.08. The van der Waals surface area contributed by atoms with Gasteiger partial charge in [0.25, 0.3) is 17.3 Å². The largest absolute Gasteiger partial charge is 0.384 e. The van der Waals surface area contributed by atoms with Crippen LogP contribution >= 0.6 is 0 Å². The topological polar surface area (TPSA) is 115 Å². The van der Waals surface area contributed by atoms with Gasteiger partial charge in [-0.2, -0.15) is 0 Å². The number of benzene rings is 1. The zero-order valence-electron chi connectivity index (χ0n) is 16.4. The zero-order chi connectivity index (χ0) is 23.2. The minimum absolute atomic E-state index is 0.0575. The smallest absolute Gasteiger partial charge is 0.274 e. The van der Waals surface area contributed by atoms with Crippen LogP contribution in [0.25, 0.3) is 0 Å². The second-order valence-electron chi connectivity index (χ2n) is 7.37. The van der Waals surface area contributed by atoms with Crippen molar-refractivity contribution in [3.8, 4) is 0 Å². The minimum atomic E-state index is -4.42. The number of rotatable bonds is 4.